The summed E-state index contributed by atoms with van der Waals surface area (Å²) in [5, 5.41) is 0. The molecule has 0 saturated heterocycles. The molecule has 0 atom stereocenters. The smallest absolute Gasteiger partial charge is 0.175 e. The summed E-state index contributed by atoms with van der Waals surface area (Å²) in [5.41, 5.74) is 8.48. The zero-order valence-corrected chi connectivity index (χ0v) is 22.7. The van der Waals surface area contributed by atoms with Crippen molar-refractivity contribution < 1.29 is 0 Å². The molecule has 2 heteroatoms. The Morgan fingerprint density at radius 3 is 0.878 bits per heavy atom. The Labute approximate surface area is 242 Å². The van der Waals surface area contributed by atoms with Gasteiger partial charge in [0.15, 0.2) is 5.66 Å². The summed E-state index contributed by atoms with van der Waals surface area (Å²) in [6, 6.07) is 65.0. The summed E-state index contributed by atoms with van der Waals surface area (Å²) in [4.78, 5) is 5.09. The van der Waals surface area contributed by atoms with Gasteiger partial charge in [0.25, 0.3) is 0 Å². The number of anilines is 2. The highest BCUT2D eigenvalue weighted by Crippen LogP contribution is 2.57. The van der Waals surface area contributed by atoms with E-state index in [1.807, 2.05) is 0 Å². The second-order valence-electron chi connectivity index (χ2n) is 10.2. The molecule has 0 radical (unpaired) electrons. The van der Waals surface area contributed by atoms with Crippen LogP contribution in [-0.4, -0.2) is 0 Å². The highest BCUT2D eigenvalue weighted by Gasteiger charge is 2.55. The Hall–Kier alpha value is -5.34. The second kappa shape index (κ2) is 10.7. The van der Waals surface area contributed by atoms with E-state index >= 15 is 0 Å². The van der Waals surface area contributed by atoms with E-state index in [9.17, 15) is 0 Å². The molecule has 1 aliphatic rings. The lowest BCUT2D eigenvalue weighted by molar-refractivity contribution is 0.559. The summed E-state index contributed by atoms with van der Waals surface area (Å²) in [6.45, 7) is 0. The number of benzene rings is 6. The van der Waals surface area contributed by atoms with Gasteiger partial charge >= 0.3 is 0 Å². The molecular weight excluding hydrogens is 496 g/mol. The largest absolute Gasteiger partial charge is 0.307 e. The van der Waals surface area contributed by atoms with Crippen LogP contribution in [-0.2, 0) is 5.66 Å². The highest BCUT2D eigenvalue weighted by molar-refractivity contribution is 6.09. The van der Waals surface area contributed by atoms with Crippen LogP contribution < -0.4 is 9.80 Å². The minimum absolute atomic E-state index is 0.735. The van der Waals surface area contributed by atoms with Gasteiger partial charge in [0.2, 0.25) is 0 Å². The van der Waals surface area contributed by atoms with Crippen LogP contribution in [0.3, 0.4) is 0 Å². The van der Waals surface area contributed by atoms with Crippen LogP contribution in [0.15, 0.2) is 182 Å². The lowest BCUT2D eigenvalue weighted by Gasteiger charge is -2.48. The normalized spacial score (nSPS) is 14.3. The molecule has 0 unspecified atom stereocenters. The van der Waals surface area contributed by atoms with Gasteiger partial charge < -0.3 is 9.80 Å². The molecule has 0 fully saturated rings. The Morgan fingerprint density at radius 1 is 0.293 bits per heavy atom. The van der Waals surface area contributed by atoms with Crippen LogP contribution in [0.5, 0.6) is 0 Å². The molecule has 0 aliphatic carbocycles. The third kappa shape index (κ3) is 4.13. The minimum atomic E-state index is -0.735. The van der Waals surface area contributed by atoms with Gasteiger partial charge in [0, 0.05) is 33.6 Å². The molecule has 41 heavy (non-hydrogen) atoms. The van der Waals surface area contributed by atoms with Crippen LogP contribution in [0.4, 0.5) is 11.4 Å². The first-order chi connectivity index (χ1) is 20.4. The van der Waals surface area contributed by atoms with E-state index in [0.29, 0.717) is 0 Å². The fraction of sp³-hybridized carbons (Fsp3) is 0.0256. The van der Waals surface area contributed by atoms with Gasteiger partial charge in [-0.25, -0.2) is 0 Å². The number of para-hydroxylation sites is 2. The van der Waals surface area contributed by atoms with Gasteiger partial charge in [0.05, 0.1) is 11.4 Å². The van der Waals surface area contributed by atoms with E-state index in [4.69, 9.17) is 0 Å². The third-order valence-electron chi connectivity index (χ3n) is 7.79. The van der Waals surface area contributed by atoms with E-state index in [1.165, 1.54) is 11.1 Å². The van der Waals surface area contributed by atoms with Crippen LogP contribution in [0.1, 0.15) is 22.3 Å². The fourth-order valence-corrected chi connectivity index (χ4v) is 6.17. The Morgan fingerprint density at radius 2 is 0.561 bits per heavy atom. The van der Waals surface area contributed by atoms with Crippen molar-refractivity contribution >= 4 is 22.8 Å². The monoisotopic (exact) mass is 526 g/mol. The van der Waals surface area contributed by atoms with E-state index < -0.39 is 5.66 Å². The van der Waals surface area contributed by atoms with Crippen molar-refractivity contribution in [2.45, 2.75) is 5.66 Å². The summed E-state index contributed by atoms with van der Waals surface area (Å²) in [7, 11) is 0. The van der Waals surface area contributed by atoms with Crippen molar-refractivity contribution in [1.82, 2.24) is 0 Å². The molecular formula is C39H30N2. The maximum absolute atomic E-state index is 2.54. The third-order valence-corrected chi connectivity index (χ3v) is 7.79. The van der Waals surface area contributed by atoms with E-state index in [0.717, 1.165) is 33.9 Å². The molecule has 0 saturated carbocycles. The molecule has 0 bridgehead atoms. The molecule has 1 aliphatic heterocycles. The maximum atomic E-state index is 2.54. The Balaban J connectivity index is 1.71. The van der Waals surface area contributed by atoms with E-state index in [1.54, 1.807) is 0 Å². The minimum Gasteiger partial charge on any atom is -0.307 e. The fourth-order valence-electron chi connectivity index (χ4n) is 6.17. The van der Waals surface area contributed by atoms with Crippen molar-refractivity contribution in [3.8, 4) is 0 Å². The summed E-state index contributed by atoms with van der Waals surface area (Å²) in [6.07, 6.45) is 0. The first-order valence-corrected chi connectivity index (χ1v) is 14.1. The average molecular weight is 527 g/mol. The molecule has 0 N–H and O–H groups in total. The Bertz CT molecular complexity index is 1610. The van der Waals surface area contributed by atoms with Gasteiger partial charge in [-0.05, 0) is 24.3 Å². The van der Waals surface area contributed by atoms with Crippen LogP contribution in [0.25, 0.3) is 11.4 Å². The van der Waals surface area contributed by atoms with E-state index in [2.05, 4.69) is 192 Å². The molecule has 6 aromatic rings. The molecule has 7 rings (SSSR count). The topological polar surface area (TPSA) is 6.48 Å². The second-order valence-corrected chi connectivity index (χ2v) is 10.2. The van der Waals surface area contributed by atoms with Gasteiger partial charge in [-0.3, -0.25) is 0 Å². The number of hydrogen-bond donors (Lipinski definition) is 0. The predicted molar refractivity (Wildman–Crippen MR) is 171 cm³/mol. The molecule has 0 aromatic heterocycles. The van der Waals surface area contributed by atoms with Gasteiger partial charge in [-0.1, -0.05) is 158 Å². The standard InChI is InChI=1S/C39H30N2/c1-7-19-31(20-8-1)37-38(32-21-9-2-10-22-32)41(36-29-17-6-18-30-36)39(33-23-11-3-12-24-33,34-25-13-4-14-26-34)40(37)35-27-15-5-16-28-35/h1-30H. The first kappa shape index (κ1) is 24.7. The van der Waals surface area contributed by atoms with Crippen molar-refractivity contribution in [2.75, 3.05) is 9.80 Å². The molecule has 0 spiro atoms. The highest BCUT2D eigenvalue weighted by atomic mass is 15.5. The number of nitrogens with zero attached hydrogens (tertiary/aromatic N) is 2. The van der Waals surface area contributed by atoms with E-state index in [-0.39, 0.29) is 0 Å². The van der Waals surface area contributed by atoms with Gasteiger partial charge in [-0.15, -0.1) is 0 Å². The SMILES string of the molecule is c1ccc(C2=C(c3ccccc3)N(c3ccccc3)C(c3ccccc3)(c3ccccc3)N2c2ccccc2)cc1. The van der Waals surface area contributed by atoms with Crippen molar-refractivity contribution in [2.24, 2.45) is 0 Å². The summed E-state index contributed by atoms with van der Waals surface area (Å²) in [5.74, 6) is 0. The quantitative estimate of drug-likeness (QED) is 0.213. The maximum Gasteiger partial charge on any atom is 0.175 e. The number of hydrogen-bond acceptors (Lipinski definition) is 2. The van der Waals surface area contributed by atoms with Crippen molar-refractivity contribution in [1.29, 1.82) is 0 Å². The molecule has 196 valence electrons. The zero-order valence-electron chi connectivity index (χ0n) is 22.7. The predicted octanol–water partition coefficient (Wildman–Crippen LogP) is 9.44. The van der Waals surface area contributed by atoms with Crippen LogP contribution in [0.2, 0.25) is 0 Å². The lowest BCUT2D eigenvalue weighted by Crippen LogP contribution is -2.53. The Kier molecular flexibility index (Phi) is 6.42. The first-order valence-electron chi connectivity index (χ1n) is 14.1. The molecule has 6 aromatic carbocycles. The van der Waals surface area contributed by atoms with Gasteiger partial charge in [0.1, 0.15) is 0 Å². The van der Waals surface area contributed by atoms with Crippen molar-refractivity contribution in [3.05, 3.63) is 204 Å². The van der Waals surface area contributed by atoms with Gasteiger partial charge in [-0.2, -0.15) is 0 Å². The lowest BCUT2D eigenvalue weighted by atomic mass is 9.87. The van der Waals surface area contributed by atoms with Crippen molar-refractivity contribution in [3.63, 3.8) is 0 Å². The number of rotatable bonds is 6. The van der Waals surface area contributed by atoms with Crippen LogP contribution in [0, 0.1) is 0 Å². The summed E-state index contributed by atoms with van der Waals surface area (Å²) < 4.78 is 0. The zero-order chi connectivity index (χ0) is 27.5. The van der Waals surface area contributed by atoms with Crippen LogP contribution >= 0.6 is 0 Å². The average Bonchev–Trinajstić information content (AvgIpc) is 3.40. The molecule has 2 nitrogen and oxygen atoms in total. The molecule has 1 heterocycles. The molecule has 0 amide bonds. The summed E-state index contributed by atoms with van der Waals surface area (Å²) >= 11 is 0.